The molecular weight excluding hydrogens is 344 g/mol. The SMILES string of the molecule is CCOc1ccccc1/C=C/C(=O)OCc1nnc(-c2cccc(C)c2)o1. The van der Waals surface area contributed by atoms with Crippen molar-refractivity contribution in [2.75, 3.05) is 6.61 Å². The van der Waals surface area contributed by atoms with E-state index in [-0.39, 0.29) is 12.5 Å². The van der Waals surface area contributed by atoms with Crippen molar-refractivity contribution in [3.63, 3.8) is 0 Å². The number of benzene rings is 2. The maximum absolute atomic E-state index is 11.9. The Hall–Kier alpha value is -3.41. The lowest BCUT2D eigenvalue weighted by molar-refractivity contribution is -0.139. The molecule has 0 aliphatic carbocycles. The van der Waals surface area contributed by atoms with Crippen LogP contribution in [0.1, 0.15) is 23.9 Å². The van der Waals surface area contributed by atoms with E-state index in [1.807, 2.05) is 62.4 Å². The monoisotopic (exact) mass is 364 g/mol. The molecule has 6 heteroatoms. The third-order valence-electron chi connectivity index (χ3n) is 3.69. The second kappa shape index (κ2) is 8.80. The molecule has 6 nitrogen and oxygen atoms in total. The van der Waals surface area contributed by atoms with Gasteiger partial charge < -0.3 is 13.9 Å². The van der Waals surface area contributed by atoms with Crippen LogP contribution >= 0.6 is 0 Å². The van der Waals surface area contributed by atoms with Gasteiger partial charge in [0.2, 0.25) is 5.89 Å². The van der Waals surface area contributed by atoms with Crippen LogP contribution in [0.3, 0.4) is 0 Å². The van der Waals surface area contributed by atoms with E-state index in [2.05, 4.69) is 10.2 Å². The Kier molecular flexibility index (Phi) is 5.99. The Morgan fingerprint density at radius 3 is 2.81 bits per heavy atom. The number of carbonyl (C=O) groups excluding carboxylic acids is 1. The van der Waals surface area contributed by atoms with Crippen molar-refractivity contribution in [3.05, 3.63) is 71.6 Å². The number of hydrogen-bond donors (Lipinski definition) is 0. The molecule has 138 valence electrons. The van der Waals surface area contributed by atoms with Gasteiger partial charge in [0.1, 0.15) is 5.75 Å². The summed E-state index contributed by atoms with van der Waals surface area (Å²) in [6.07, 6.45) is 3.00. The molecule has 2 aromatic carbocycles. The molecule has 0 aliphatic rings. The summed E-state index contributed by atoms with van der Waals surface area (Å²) < 4.78 is 16.2. The molecule has 0 saturated carbocycles. The van der Waals surface area contributed by atoms with Gasteiger partial charge in [0.25, 0.3) is 5.89 Å². The third-order valence-corrected chi connectivity index (χ3v) is 3.69. The van der Waals surface area contributed by atoms with Crippen molar-refractivity contribution in [2.45, 2.75) is 20.5 Å². The fourth-order valence-corrected chi connectivity index (χ4v) is 2.45. The number of esters is 1. The van der Waals surface area contributed by atoms with E-state index in [1.54, 1.807) is 6.08 Å². The van der Waals surface area contributed by atoms with Gasteiger partial charge >= 0.3 is 5.97 Å². The average molecular weight is 364 g/mol. The fraction of sp³-hybridized carbons (Fsp3) is 0.190. The number of aromatic nitrogens is 2. The molecule has 0 bridgehead atoms. The highest BCUT2D eigenvalue weighted by atomic mass is 16.5. The minimum absolute atomic E-state index is 0.0882. The molecular formula is C21H20N2O4. The molecule has 1 heterocycles. The summed E-state index contributed by atoms with van der Waals surface area (Å²) >= 11 is 0. The van der Waals surface area contributed by atoms with E-state index in [4.69, 9.17) is 13.9 Å². The lowest BCUT2D eigenvalue weighted by Crippen LogP contribution is -2.01. The first kappa shape index (κ1) is 18.4. The molecule has 1 aromatic heterocycles. The number of nitrogens with zero attached hydrogens (tertiary/aromatic N) is 2. The van der Waals surface area contributed by atoms with E-state index in [1.165, 1.54) is 6.08 Å². The zero-order valence-electron chi connectivity index (χ0n) is 15.2. The maximum Gasteiger partial charge on any atom is 0.331 e. The van der Waals surface area contributed by atoms with Gasteiger partial charge in [-0.25, -0.2) is 4.79 Å². The van der Waals surface area contributed by atoms with Crippen molar-refractivity contribution in [3.8, 4) is 17.2 Å². The third kappa shape index (κ3) is 5.04. The minimum atomic E-state index is -0.503. The van der Waals surface area contributed by atoms with Crippen molar-refractivity contribution < 1.29 is 18.7 Å². The Balaban J connectivity index is 1.58. The van der Waals surface area contributed by atoms with Crippen LogP contribution in [0.5, 0.6) is 5.75 Å². The molecule has 0 atom stereocenters. The van der Waals surface area contributed by atoms with E-state index in [9.17, 15) is 4.79 Å². The zero-order valence-corrected chi connectivity index (χ0v) is 15.2. The number of rotatable bonds is 7. The first-order chi connectivity index (χ1) is 13.2. The van der Waals surface area contributed by atoms with Gasteiger partial charge in [-0.1, -0.05) is 35.9 Å². The Labute approximate surface area is 157 Å². The van der Waals surface area contributed by atoms with Gasteiger partial charge in [0.05, 0.1) is 6.61 Å². The summed E-state index contributed by atoms with van der Waals surface area (Å²) in [7, 11) is 0. The quantitative estimate of drug-likeness (QED) is 0.462. The van der Waals surface area contributed by atoms with E-state index in [0.29, 0.717) is 18.2 Å². The first-order valence-electron chi connectivity index (χ1n) is 8.62. The van der Waals surface area contributed by atoms with Crippen molar-refractivity contribution >= 4 is 12.0 Å². The summed E-state index contributed by atoms with van der Waals surface area (Å²) in [5.74, 6) is 0.842. The number of ether oxygens (including phenoxy) is 2. The second-order valence-electron chi connectivity index (χ2n) is 5.78. The smallest absolute Gasteiger partial charge is 0.331 e. The van der Waals surface area contributed by atoms with Crippen LogP contribution in [0.2, 0.25) is 0 Å². The summed E-state index contributed by atoms with van der Waals surface area (Å²) in [6.45, 7) is 4.35. The van der Waals surface area contributed by atoms with Gasteiger partial charge in [0.15, 0.2) is 6.61 Å². The lowest BCUT2D eigenvalue weighted by atomic mass is 10.1. The van der Waals surface area contributed by atoms with Crippen molar-refractivity contribution in [1.29, 1.82) is 0 Å². The van der Waals surface area contributed by atoms with Crippen LogP contribution in [0.4, 0.5) is 0 Å². The molecule has 0 aliphatic heterocycles. The van der Waals surface area contributed by atoms with Gasteiger partial charge in [-0.3, -0.25) is 0 Å². The highest BCUT2D eigenvalue weighted by Gasteiger charge is 2.10. The van der Waals surface area contributed by atoms with Crippen LogP contribution in [0.15, 0.2) is 59.0 Å². The molecule has 0 spiro atoms. The lowest BCUT2D eigenvalue weighted by Gasteiger charge is -2.06. The molecule has 3 rings (SSSR count). The van der Waals surface area contributed by atoms with Crippen molar-refractivity contribution in [1.82, 2.24) is 10.2 Å². The van der Waals surface area contributed by atoms with E-state index < -0.39 is 5.97 Å². The van der Waals surface area contributed by atoms with Crippen LogP contribution in [-0.4, -0.2) is 22.8 Å². The molecule has 0 fully saturated rings. The maximum atomic E-state index is 11.9. The summed E-state index contributed by atoms with van der Waals surface area (Å²) in [4.78, 5) is 11.9. The zero-order chi connectivity index (χ0) is 19.1. The fourth-order valence-electron chi connectivity index (χ4n) is 2.45. The molecule has 27 heavy (non-hydrogen) atoms. The second-order valence-corrected chi connectivity index (χ2v) is 5.78. The number of aryl methyl sites for hydroxylation is 1. The van der Waals surface area contributed by atoms with E-state index >= 15 is 0 Å². The summed E-state index contributed by atoms with van der Waals surface area (Å²) in [5.41, 5.74) is 2.72. The number of hydrogen-bond acceptors (Lipinski definition) is 6. The van der Waals surface area contributed by atoms with Crippen molar-refractivity contribution in [2.24, 2.45) is 0 Å². The van der Waals surface area contributed by atoms with Gasteiger partial charge in [-0.2, -0.15) is 0 Å². The summed E-state index contributed by atoms with van der Waals surface area (Å²) in [6, 6.07) is 15.2. The van der Waals surface area contributed by atoms with Gasteiger partial charge in [0, 0.05) is 17.2 Å². The Morgan fingerprint density at radius 1 is 1.15 bits per heavy atom. The normalized spacial score (nSPS) is 10.9. The molecule has 3 aromatic rings. The highest BCUT2D eigenvalue weighted by molar-refractivity contribution is 5.87. The minimum Gasteiger partial charge on any atom is -0.493 e. The molecule has 0 amide bonds. The topological polar surface area (TPSA) is 74.5 Å². The largest absolute Gasteiger partial charge is 0.493 e. The highest BCUT2D eigenvalue weighted by Crippen LogP contribution is 2.20. The van der Waals surface area contributed by atoms with Crippen LogP contribution in [-0.2, 0) is 16.1 Å². The number of carbonyl (C=O) groups is 1. The predicted molar refractivity (Wildman–Crippen MR) is 101 cm³/mol. The predicted octanol–water partition coefficient (Wildman–Crippen LogP) is 4.20. The van der Waals surface area contributed by atoms with Gasteiger partial charge in [-0.15, -0.1) is 10.2 Å². The van der Waals surface area contributed by atoms with Crippen LogP contribution in [0.25, 0.3) is 17.5 Å². The Morgan fingerprint density at radius 2 is 2.00 bits per heavy atom. The standard InChI is InChI=1S/C21H20N2O4/c1-3-25-18-10-5-4-8-16(18)11-12-20(24)26-14-19-22-23-21(27-19)17-9-6-7-15(2)13-17/h4-13H,3,14H2,1-2H3/b12-11+. The van der Waals surface area contributed by atoms with Crippen LogP contribution < -0.4 is 4.74 Å². The first-order valence-corrected chi connectivity index (χ1v) is 8.62. The summed E-state index contributed by atoms with van der Waals surface area (Å²) in [5, 5.41) is 7.90. The molecule has 0 radical (unpaired) electrons. The number of para-hydroxylation sites is 1. The Bertz CT molecular complexity index is 947. The van der Waals surface area contributed by atoms with E-state index in [0.717, 1.165) is 16.7 Å². The molecule has 0 unspecified atom stereocenters. The molecule has 0 saturated heterocycles. The van der Waals surface area contributed by atoms with Gasteiger partial charge in [-0.05, 0) is 38.1 Å². The molecule has 0 N–H and O–H groups in total. The van der Waals surface area contributed by atoms with Crippen LogP contribution in [0, 0.1) is 6.92 Å². The average Bonchev–Trinajstić information content (AvgIpc) is 3.15.